The van der Waals surface area contributed by atoms with Crippen LogP contribution in [0.1, 0.15) is 23.5 Å². The van der Waals surface area contributed by atoms with E-state index in [0.29, 0.717) is 6.61 Å². The molecule has 2 nitrogen and oxygen atoms in total. The zero-order chi connectivity index (χ0) is 13.1. The molecule has 0 fully saturated rings. The summed E-state index contributed by atoms with van der Waals surface area (Å²) in [6.07, 6.45) is -0.549. The number of thiophene rings is 1. The van der Waals surface area contributed by atoms with Crippen LogP contribution in [0.4, 0.5) is 0 Å². The van der Waals surface area contributed by atoms with Crippen molar-refractivity contribution in [1.82, 2.24) is 0 Å². The summed E-state index contributed by atoms with van der Waals surface area (Å²) in [6.45, 7) is 2.24. The normalized spacial score (nSPS) is 12.4. The Morgan fingerprint density at radius 1 is 1.28 bits per heavy atom. The smallest absolute Gasteiger partial charge is 0.125 e. The fraction of sp³-hybridized carbons (Fsp3) is 0.231. The SMILES string of the molecule is CC(O)c1cc(Br)ccc1OCc1cc(Br)cs1. The zero-order valence-electron chi connectivity index (χ0n) is 9.69. The second-order valence-electron chi connectivity index (χ2n) is 3.88. The Morgan fingerprint density at radius 3 is 2.67 bits per heavy atom. The van der Waals surface area contributed by atoms with Crippen molar-refractivity contribution in [1.29, 1.82) is 0 Å². The summed E-state index contributed by atoms with van der Waals surface area (Å²) in [7, 11) is 0. The number of aliphatic hydroxyl groups is 1. The van der Waals surface area contributed by atoms with Crippen molar-refractivity contribution >= 4 is 43.2 Å². The molecule has 96 valence electrons. The molecule has 0 saturated heterocycles. The van der Waals surface area contributed by atoms with Crippen LogP contribution in [-0.4, -0.2) is 5.11 Å². The van der Waals surface area contributed by atoms with Gasteiger partial charge in [-0.05, 0) is 47.1 Å². The van der Waals surface area contributed by atoms with Crippen LogP contribution in [0.15, 0.2) is 38.6 Å². The predicted molar refractivity (Wildman–Crippen MR) is 81.1 cm³/mol. The van der Waals surface area contributed by atoms with Gasteiger partial charge in [-0.15, -0.1) is 11.3 Å². The highest BCUT2D eigenvalue weighted by Gasteiger charge is 2.10. The summed E-state index contributed by atoms with van der Waals surface area (Å²) in [5.41, 5.74) is 0.792. The summed E-state index contributed by atoms with van der Waals surface area (Å²) in [5.74, 6) is 0.720. The first-order chi connectivity index (χ1) is 8.56. The molecule has 1 unspecified atom stereocenters. The standard InChI is InChI=1S/C13H12Br2O2S/c1-8(16)12-5-9(14)2-3-13(12)17-6-11-4-10(15)7-18-11/h2-5,7-8,16H,6H2,1H3. The molecule has 0 radical (unpaired) electrons. The molecule has 18 heavy (non-hydrogen) atoms. The molecule has 0 aliphatic rings. The molecule has 1 aromatic heterocycles. The van der Waals surface area contributed by atoms with Gasteiger partial charge in [0.15, 0.2) is 0 Å². The third kappa shape index (κ3) is 3.57. The first-order valence-corrected chi connectivity index (χ1v) is 7.86. The molecule has 0 amide bonds. The predicted octanol–water partition coefficient (Wildman–Crippen LogP) is 4.91. The lowest BCUT2D eigenvalue weighted by atomic mass is 10.1. The van der Waals surface area contributed by atoms with Crippen LogP contribution in [0, 0.1) is 0 Å². The monoisotopic (exact) mass is 390 g/mol. The van der Waals surface area contributed by atoms with Crippen molar-refractivity contribution in [3.63, 3.8) is 0 Å². The Bertz CT molecular complexity index is 538. The minimum atomic E-state index is -0.549. The van der Waals surface area contributed by atoms with Crippen molar-refractivity contribution in [2.24, 2.45) is 0 Å². The summed E-state index contributed by atoms with van der Waals surface area (Å²) < 4.78 is 7.76. The second kappa shape index (κ2) is 6.19. The van der Waals surface area contributed by atoms with E-state index < -0.39 is 6.10 Å². The summed E-state index contributed by atoms with van der Waals surface area (Å²) in [4.78, 5) is 1.14. The van der Waals surface area contributed by atoms with Gasteiger partial charge in [-0.2, -0.15) is 0 Å². The lowest BCUT2D eigenvalue weighted by Crippen LogP contribution is -2.00. The number of hydrogen-bond acceptors (Lipinski definition) is 3. The van der Waals surface area contributed by atoms with Crippen LogP contribution in [0.2, 0.25) is 0 Å². The van der Waals surface area contributed by atoms with Gasteiger partial charge in [0.1, 0.15) is 12.4 Å². The van der Waals surface area contributed by atoms with E-state index in [1.54, 1.807) is 18.3 Å². The molecule has 1 N–H and O–H groups in total. The topological polar surface area (TPSA) is 29.5 Å². The Labute approximate surface area is 127 Å². The lowest BCUT2D eigenvalue weighted by molar-refractivity contribution is 0.190. The first kappa shape index (κ1) is 14.1. The third-order valence-electron chi connectivity index (χ3n) is 2.41. The fourth-order valence-corrected chi connectivity index (χ4v) is 3.30. The number of rotatable bonds is 4. The molecule has 0 saturated carbocycles. The van der Waals surface area contributed by atoms with Gasteiger partial charge in [0.25, 0.3) is 0 Å². The Hall–Kier alpha value is -0.360. The van der Waals surface area contributed by atoms with E-state index in [1.807, 2.05) is 29.6 Å². The fourth-order valence-electron chi connectivity index (χ4n) is 1.56. The molecule has 0 aliphatic heterocycles. The van der Waals surface area contributed by atoms with Gasteiger partial charge < -0.3 is 9.84 Å². The van der Waals surface area contributed by atoms with Gasteiger partial charge in [-0.25, -0.2) is 0 Å². The second-order valence-corrected chi connectivity index (χ2v) is 6.71. The van der Waals surface area contributed by atoms with Gasteiger partial charge >= 0.3 is 0 Å². The molecule has 1 heterocycles. The first-order valence-electron chi connectivity index (χ1n) is 5.39. The van der Waals surface area contributed by atoms with E-state index in [9.17, 15) is 5.11 Å². The van der Waals surface area contributed by atoms with Crippen LogP contribution in [0.5, 0.6) is 5.75 Å². The number of benzene rings is 1. The lowest BCUT2D eigenvalue weighted by Gasteiger charge is -2.13. The number of halogens is 2. The average molecular weight is 392 g/mol. The maximum atomic E-state index is 9.72. The molecule has 5 heteroatoms. The highest BCUT2D eigenvalue weighted by Crippen LogP contribution is 2.30. The number of hydrogen-bond donors (Lipinski definition) is 1. The minimum Gasteiger partial charge on any atom is -0.488 e. The molecular formula is C13H12Br2O2S. The quantitative estimate of drug-likeness (QED) is 0.802. The Morgan fingerprint density at radius 2 is 2.06 bits per heavy atom. The number of ether oxygens (including phenoxy) is 1. The van der Waals surface area contributed by atoms with E-state index in [4.69, 9.17) is 4.74 Å². The highest BCUT2D eigenvalue weighted by molar-refractivity contribution is 9.10. The van der Waals surface area contributed by atoms with Crippen molar-refractivity contribution in [3.05, 3.63) is 49.0 Å². The van der Waals surface area contributed by atoms with Crippen molar-refractivity contribution in [3.8, 4) is 5.75 Å². The van der Waals surface area contributed by atoms with Crippen LogP contribution in [-0.2, 0) is 6.61 Å². The van der Waals surface area contributed by atoms with Crippen LogP contribution >= 0.6 is 43.2 Å². The van der Waals surface area contributed by atoms with E-state index in [2.05, 4.69) is 31.9 Å². The largest absolute Gasteiger partial charge is 0.488 e. The molecule has 2 aromatic rings. The molecule has 2 rings (SSSR count). The van der Waals surface area contributed by atoms with E-state index in [0.717, 1.165) is 25.1 Å². The van der Waals surface area contributed by atoms with Crippen LogP contribution in [0.3, 0.4) is 0 Å². The molecule has 1 atom stereocenters. The van der Waals surface area contributed by atoms with Crippen LogP contribution < -0.4 is 4.74 Å². The maximum absolute atomic E-state index is 9.72. The third-order valence-corrected chi connectivity index (χ3v) is 4.58. The van der Waals surface area contributed by atoms with Gasteiger partial charge in [-0.3, -0.25) is 0 Å². The van der Waals surface area contributed by atoms with E-state index >= 15 is 0 Å². The summed E-state index contributed by atoms with van der Waals surface area (Å²) >= 11 is 8.45. The summed E-state index contributed by atoms with van der Waals surface area (Å²) in [6, 6.07) is 7.69. The van der Waals surface area contributed by atoms with Gasteiger partial charge in [0.05, 0.1) is 6.10 Å². The molecule has 0 aliphatic carbocycles. The van der Waals surface area contributed by atoms with Crippen molar-refractivity contribution in [2.75, 3.05) is 0 Å². The molecular weight excluding hydrogens is 380 g/mol. The Balaban J connectivity index is 2.13. The van der Waals surface area contributed by atoms with Gasteiger partial charge in [0.2, 0.25) is 0 Å². The van der Waals surface area contributed by atoms with Gasteiger partial charge in [-0.1, -0.05) is 15.9 Å². The summed E-state index contributed by atoms with van der Waals surface area (Å²) in [5, 5.41) is 11.7. The Kier molecular flexibility index (Phi) is 4.84. The van der Waals surface area contributed by atoms with E-state index in [-0.39, 0.29) is 0 Å². The zero-order valence-corrected chi connectivity index (χ0v) is 13.7. The van der Waals surface area contributed by atoms with Crippen molar-refractivity contribution < 1.29 is 9.84 Å². The molecule has 1 aromatic carbocycles. The number of aliphatic hydroxyl groups excluding tert-OH is 1. The van der Waals surface area contributed by atoms with Gasteiger partial charge in [0, 0.05) is 24.8 Å². The average Bonchev–Trinajstić information content (AvgIpc) is 2.73. The molecule has 0 bridgehead atoms. The molecule has 0 spiro atoms. The minimum absolute atomic E-state index is 0.512. The highest BCUT2D eigenvalue weighted by atomic mass is 79.9. The van der Waals surface area contributed by atoms with Crippen LogP contribution in [0.25, 0.3) is 0 Å². The van der Waals surface area contributed by atoms with Crippen molar-refractivity contribution in [2.45, 2.75) is 19.6 Å². The van der Waals surface area contributed by atoms with E-state index in [1.165, 1.54) is 0 Å². The maximum Gasteiger partial charge on any atom is 0.125 e.